The van der Waals surface area contributed by atoms with Gasteiger partial charge >= 0.3 is 0 Å². The van der Waals surface area contributed by atoms with Crippen molar-refractivity contribution < 1.29 is 9.21 Å². The van der Waals surface area contributed by atoms with E-state index in [1.54, 1.807) is 17.6 Å². The Morgan fingerprint density at radius 2 is 1.96 bits per heavy atom. The first-order valence-corrected chi connectivity index (χ1v) is 10.4. The van der Waals surface area contributed by atoms with Crippen LogP contribution in [0.2, 0.25) is 0 Å². The number of thioether (sulfide) groups is 1. The maximum atomic E-state index is 13.0. The van der Waals surface area contributed by atoms with E-state index >= 15 is 0 Å². The van der Waals surface area contributed by atoms with Crippen LogP contribution in [-0.4, -0.2) is 23.9 Å². The van der Waals surface area contributed by atoms with Gasteiger partial charge in [0.25, 0.3) is 5.91 Å². The Morgan fingerprint density at radius 1 is 1.30 bits per heavy atom. The SMILES string of the molecule is C=CS/C(=C\c1ccc(/C(C=C)=C/C)o1)C(=O)N(C)C(C)CC(CC)CC. The van der Waals surface area contributed by atoms with Crippen LogP contribution in [0.4, 0.5) is 0 Å². The Labute approximate surface area is 168 Å². The van der Waals surface area contributed by atoms with E-state index in [4.69, 9.17) is 4.42 Å². The van der Waals surface area contributed by atoms with Gasteiger partial charge in [0.1, 0.15) is 11.5 Å². The van der Waals surface area contributed by atoms with Crippen LogP contribution in [0.5, 0.6) is 0 Å². The molecule has 0 aromatic carbocycles. The molecule has 1 unspecified atom stereocenters. The summed E-state index contributed by atoms with van der Waals surface area (Å²) in [5, 5.41) is 1.67. The van der Waals surface area contributed by atoms with Crippen molar-refractivity contribution in [1.29, 1.82) is 0 Å². The van der Waals surface area contributed by atoms with E-state index in [2.05, 4.69) is 33.9 Å². The van der Waals surface area contributed by atoms with Crippen LogP contribution in [0.3, 0.4) is 0 Å². The number of hydrogen-bond acceptors (Lipinski definition) is 3. The van der Waals surface area contributed by atoms with Gasteiger partial charge in [-0.3, -0.25) is 4.79 Å². The maximum Gasteiger partial charge on any atom is 0.260 e. The van der Waals surface area contributed by atoms with Crippen LogP contribution >= 0.6 is 11.8 Å². The lowest BCUT2D eigenvalue weighted by Gasteiger charge is -2.28. The third-order valence-electron chi connectivity index (χ3n) is 4.95. The van der Waals surface area contributed by atoms with Crippen molar-refractivity contribution in [2.75, 3.05) is 7.05 Å². The second kappa shape index (κ2) is 11.7. The predicted molar refractivity (Wildman–Crippen MR) is 119 cm³/mol. The summed E-state index contributed by atoms with van der Waals surface area (Å²) in [6.45, 7) is 16.0. The monoisotopic (exact) mass is 387 g/mol. The van der Waals surface area contributed by atoms with Crippen LogP contribution in [0, 0.1) is 5.92 Å². The quantitative estimate of drug-likeness (QED) is 0.311. The third kappa shape index (κ3) is 6.62. The first-order chi connectivity index (χ1) is 12.9. The zero-order chi connectivity index (χ0) is 20.4. The van der Waals surface area contributed by atoms with Crippen LogP contribution in [0.15, 0.2) is 52.2 Å². The minimum Gasteiger partial charge on any atom is -0.457 e. The number of nitrogens with zero attached hydrogens (tertiary/aromatic N) is 1. The Hall–Kier alpha value is -1.94. The van der Waals surface area contributed by atoms with Gasteiger partial charge in [0.05, 0.1) is 4.91 Å². The maximum absolute atomic E-state index is 13.0. The van der Waals surface area contributed by atoms with Gasteiger partial charge in [0.15, 0.2) is 0 Å². The highest BCUT2D eigenvalue weighted by Gasteiger charge is 2.22. The molecule has 0 bridgehead atoms. The van der Waals surface area contributed by atoms with Crippen molar-refractivity contribution in [3.63, 3.8) is 0 Å². The number of allylic oxidation sites excluding steroid dienone is 3. The van der Waals surface area contributed by atoms with E-state index in [-0.39, 0.29) is 11.9 Å². The number of likely N-dealkylation sites (N-methyl/N-ethyl adjacent to an activating group) is 1. The highest BCUT2D eigenvalue weighted by molar-refractivity contribution is 8.06. The molecule has 0 fully saturated rings. The summed E-state index contributed by atoms with van der Waals surface area (Å²) in [4.78, 5) is 15.4. The molecule has 1 rings (SSSR count). The normalized spacial score (nSPS) is 13.6. The average molecular weight is 388 g/mol. The number of hydrogen-bond donors (Lipinski definition) is 0. The molecule has 1 amide bonds. The van der Waals surface area contributed by atoms with E-state index < -0.39 is 0 Å². The first-order valence-electron chi connectivity index (χ1n) is 9.57. The van der Waals surface area contributed by atoms with E-state index in [1.165, 1.54) is 11.8 Å². The minimum atomic E-state index is -0.00807. The molecule has 4 heteroatoms. The summed E-state index contributed by atoms with van der Waals surface area (Å²) in [5.74, 6) is 2.02. The van der Waals surface area contributed by atoms with Gasteiger partial charge in [-0.05, 0) is 43.7 Å². The number of furan rings is 1. The second-order valence-electron chi connectivity index (χ2n) is 6.63. The lowest BCUT2D eigenvalue weighted by atomic mass is 9.95. The summed E-state index contributed by atoms with van der Waals surface area (Å²) in [6, 6.07) is 3.94. The Balaban J connectivity index is 3.02. The van der Waals surface area contributed by atoms with Gasteiger partial charge in [-0.2, -0.15) is 0 Å². The van der Waals surface area contributed by atoms with Crippen molar-refractivity contribution in [1.82, 2.24) is 4.90 Å². The molecule has 0 radical (unpaired) electrons. The van der Waals surface area contributed by atoms with E-state index in [1.807, 2.05) is 37.1 Å². The Morgan fingerprint density at radius 3 is 2.48 bits per heavy atom. The minimum absolute atomic E-state index is 0.00807. The smallest absolute Gasteiger partial charge is 0.260 e. The largest absolute Gasteiger partial charge is 0.457 e. The zero-order valence-electron chi connectivity index (χ0n) is 17.3. The lowest BCUT2D eigenvalue weighted by molar-refractivity contribution is -0.127. The van der Waals surface area contributed by atoms with Crippen molar-refractivity contribution in [3.05, 3.63) is 59.3 Å². The standard InChI is InChI=1S/C23H33NO2S/c1-8-18(9-2)15-17(6)24(7)23(25)22(27-12-5)16-20-13-14-21(26-20)19(10-3)11-4/h10-14,16-18H,3,5,8-9,15H2,1-2,4,6-7H3/b19-11+,22-16-. The Kier molecular flexibility index (Phi) is 10.0. The predicted octanol–water partition coefficient (Wildman–Crippen LogP) is 6.76. The van der Waals surface area contributed by atoms with Crippen LogP contribution in [0.25, 0.3) is 11.6 Å². The van der Waals surface area contributed by atoms with Gasteiger partial charge in [0.2, 0.25) is 0 Å². The molecule has 1 aromatic rings. The second-order valence-corrected chi connectivity index (χ2v) is 7.64. The van der Waals surface area contributed by atoms with Gasteiger partial charge in [-0.15, -0.1) is 0 Å². The fraction of sp³-hybridized carbons (Fsp3) is 0.435. The number of amides is 1. The van der Waals surface area contributed by atoms with Gasteiger partial charge in [-0.1, -0.05) is 63.8 Å². The van der Waals surface area contributed by atoms with Crippen molar-refractivity contribution in [2.24, 2.45) is 5.92 Å². The summed E-state index contributed by atoms with van der Waals surface area (Å²) in [6.07, 6.45) is 8.77. The van der Waals surface area contributed by atoms with Crippen LogP contribution in [-0.2, 0) is 4.79 Å². The summed E-state index contributed by atoms with van der Waals surface area (Å²) in [7, 11) is 1.87. The highest BCUT2D eigenvalue weighted by Crippen LogP contribution is 2.27. The molecule has 0 aliphatic heterocycles. The molecule has 0 saturated heterocycles. The molecule has 148 valence electrons. The molecule has 1 atom stereocenters. The number of rotatable bonds is 11. The molecule has 0 aliphatic rings. The van der Waals surface area contributed by atoms with Gasteiger partial charge in [0, 0.05) is 24.7 Å². The molecule has 1 heterocycles. The van der Waals surface area contributed by atoms with Crippen LogP contribution in [0.1, 0.15) is 58.5 Å². The molecular formula is C23H33NO2S. The van der Waals surface area contributed by atoms with Crippen molar-refractivity contribution in [2.45, 2.75) is 53.0 Å². The third-order valence-corrected chi connectivity index (χ3v) is 5.66. The molecule has 0 saturated carbocycles. The molecule has 3 nitrogen and oxygen atoms in total. The molecular weight excluding hydrogens is 354 g/mol. The van der Waals surface area contributed by atoms with Crippen molar-refractivity contribution in [3.8, 4) is 0 Å². The van der Waals surface area contributed by atoms with Crippen molar-refractivity contribution >= 4 is 29.3 Å². The zero-order valence-corrected chi connectivity index (χ0v) is 18.1. The Bertz CT molecular complexity index is 695. The molecule has 27 heavy (non-hydrogen) atoms. The molecule has 1 aromatic heterocycles. The van der Waals surface area contributed by atoms with Gasteiger partial charge < -0.3 is 9.32 Å². The fourth-order valence-corrected chi connectivity index (χ4v) is 3.56. The lowest BCUT2D eigenvalue weighted by Crippen LogP contribution is -2.36. The van der Waals surface area contributed by atoms with Crippen LogP contribution < -0.4 is 0 Å². The first kappa shape index (κ1) is 23.1. The van der Waals surface area contributed by atoms with E-state index in [9.17, 15) is 4.79 Å². The topological polar surface area (TPSA) is 33.5 Å². The summed E-state index contributed by atoms with van der Waals surface area (Å²) < 4.78 is 5.86. The fourth-order valence-electron chi connectivity index (χ4n) is 2.95. The molecule has 0 aliphatic carbocycles. The molecule has 0 N–H and O–H groups in total. The van der Waals surface area contributed by atoms with E-state index in [0.29, 0.717) is 16.6 Å². The van der Waals surface area contributed by atoms with E-state index in [0.717, 1.165) is 30.6 Å². The summed E-state index contributed by atoms with van der Waals surface area (Å²) >= 11 is 1.32. The number of carbonyl (C=O) groups is 1. The van der Waals surface area contributed by atoms with Gasteiger partial charge in [-0.25, -0.2) is 0 Å². The highest BCUT2D eigenvalue weighted by atomic mass is 32.2. The molecule has 0 spiro atoms. The number of carbonyl (C=O) groups excluding carboxylic acids is 1. The summed E-state index contributed by atoms with van der Waals surface area (Å²) in [5.41, 5.74) is 0.926. The average Bonchev–Trinajstić information content (AvgIpc) is 3.13.